The number of allylic oxidation sites excluding steroid dienone is 4. The van der Waals surface area contributed by atoms with Gasteiger partial charge in [0.05, 0.1) is 60.7 Å². The number of carbonyl (C=O) groups excluding carboxylic acids is 8. The number of esters is 2. The van der Waals surface area contributed by atoms with Gasteiger partial charge >= 0.3 is 24.3 Å². The van der Waals surface area contributed by atoms with Crippen molar-refractivity contribution in [3.8, 4) is 34.8 Å². The standard InChI is InChI=1S/2C43H53F4N3O10S/c2*1-5-26-18-25(2)8-6-7-9-27-21-42(27,39(54)49-61(55,56)41(24-44)13-14-41)22-33(51)32-19-28(23-50(32)38(53)31(26)20-35(52)60-40(3,4)43(45,46)47)59-37-30-10-11-34-36(58-17-16-57-34)29(30)12-15-48-37/h2*7,9-12,15,25-28,31-32H,5-6,8,13-14,16-24H2,1-4H3,(H,49,54)/b2*9-7-/t25-,26+,27+,28+,31-,32-,42+;25-,26-,27-,28-,31+,32+,42-/m01/s1. The molecule has 122 heavy (non-hydrogen) atoms. The Morgan fingerprint density at radius 2 is 0.902 bits per heavy atom. The van der Waals surface area contributed by atoms with Crippen molar-refractivity contribution >= 4 is 88.7 Å². The monoisotopic (exact) mass is 1760 g/mol. The molecule has 14 atom stereocenters. The van der Waals surface area contributed by atoms with Crippen LogP contribution in [0.4, 0.5) is 35.1 Å². The summed E-state index contributed by atoms with van der Waals surface area (Å²) in [5, 5.41) is 2.43. The van der Waals surface area contributed by atoms with Crippen LogP contribution in [-0.2, 0) is 67.9 Å². The number of pyridine rings is 2. The Morgan fingerprint density at radius 3 is 1.25 bits per heavy atom. The van der Waals surface area contributed by atoms with Crippen LogP contribution in [0.15, 0.2) is 73.1 Å². The molecule has 2 N–H and O–H groups in total. The topological polar surface area (TPSA) is 335 Å². The fourth-order valence-electron chi connectivity index (χ4n) is 18.1. The molecule has 2 aromatic heterocycles. The SMILES string of the molecule is CC[C@@H]1C[C@@H](C)CC/C=C\[C@@H]2C[C@@]2(C(=O)NS(=O)(=O)C2(CF)CC2)CC(=O)[C@@H]2C[C@@H](Oc3nccc4c5c(ccc34)OCCO5)CN2C(=O)[C@H]1CC(=O)OC(C)(C)C(F)(F)F.CC[C@@H]1C[C@H](C)CC/C=C\[C@@H]2C[C@@]2(C(=O)NS(=O)(=O)C2(CF)CC2)CC(=O)[C@@H]2C[C@@H](Oc3nccc4c5c(ccc34)OCCO5)CN2C(=O)[C@H]1CC(=O)OC(C)(C)C(F)(F)F. The van der Waals surface area contributed by atoms with E-state index in [1.165, 1.54) is 22.2 Å². The number of ketones is 2. The van der Waals surface area contributed by atoms with E-state index in [4.69, 9.17) is 37.9 Å². The largest absolute Gasteiger partial charge is 0.486 e. The quantitative estimate of drug-likeness (QED) is 0.0471. The lowest BCUT2D eigenvalue weighted by Crippen LogP contribution is -2.49. The molecule has 0 bridgehead atoms. The van der Waals surface area contributed by atoms with E-state index < -0.39 is 210 Å². The van der Waals surface area contributed by atoms with Gasteiger partial charge in [-0.3, -0.25) is 47.8 Å². The van der Waals surface area contributed by atoms with E-state index in [-0.39, 0.29) is 88.1 Å². The van der Waals surface area contributed by atoms with Gasteiger partial charge in [0.15, 0.2) is 34.6 Å². The number of hydrogen-bond acceptors (Lipinski definition) is 22. The van der Waals surface area contributed by atoms with E-state index in [1.807, 2.05) is 39.8 Å². The highest BCUT2D eigenvalue weighted by Gasteiger charge is 2.66. The summed E-state index contributed by atoms with van der Waals surface area (Å²) >= 11 is 0. The highest BCUT2D eigenvalue weighted by molar-refractivity contribution is 7.92. The molecule has 6 fully saturated rings. The van der Waals surface area contributed by atoms with E-state index >= 15 is 9.59 Å². The van der Waals surface area contributed by atoms with Crippen LogP contribution in [0.2, 0.25) is 0 Å². The van der Waals surface area contributed by atoms with Gasteiger partial charge < -0.3 is 47.7 Å². The van der Waals surface area contributed by atoms with Crippen molar-refractivity contribution in [1.29, 1.82) is 0 Å². The molecule has 4 saturated carbocycles. The zero-order valence-corrected chi connectivity index (χ0v) is 71.1. The first-order chi connectivity index (χ1) is 57.5. The molecule has 0 spiro atoms. The zero-order valence-electron chi connectivity index (χ0n) is 69.4. The summed E-state index contributed by atoms with van der Waals surface area (Å²) in [6.07, 6.45) is 0.833. The third-order valence-electron chi connectivity index (χ3n) is 26.6. The Balaban J connectivity index is 0.000000210. The number of sulfonamides is 2. The summed E-state index contributed by atoms with van der Waals surface area (Å²) in [6, 6.07) is 7.93. The van der Waals surface area contributed by atoms with Crippen LogP contribution >= 0.6 is 0 Å². The van der Waals surface area contributed by atoms with Gasteiger partial charge in [-0.2, -0.15) is 26.3 Å². The van der Waals surface area contributed by atoms with Gasteiger partial charge in [-0.25, -0.2) is 35.6 Å². The summed E-state index contributed by atoms with van der Waals surface area (Å²) in [5.74, 6) is -8.79. The number of nitrogens with zero attached hydrogens (tertiary/aromatic N) is 4. The first-order valence-electron chi connectivity index (χ1n) is 42.0. The lowest BCUT2D eigenvalue weighted by molar-refractivity contribution is -0.257. The average molecular weight is 1760 g/mol. The maximum Gasteiger partial charge on any atom is 0.427 e. The van der Waals surface area contributed by atoms with Gasteiger partial charge in [0.1, 0.15) is 61.5 Å². The van der Waals surface area contributed by atoms with Crippen LogP contribution in [0.25, 0.3) is 21.5 Å². The predicted octanol–water partition coefficient (Wildman–Crippen LogP) is 13.1. The molecule has 668 valence electrons. The number of alkyl halides is 8. The maximum atomic E-state index is 15.0. The smallest absolute Gasteiger partial charge is 0.427 e. The number of benzene rings is 2. The Bertz CT molecular complexity index is 4700. The molecule has 36 heteroatoms. The third-order valence-corrected chi connectivity index (χ3v) is 30.8. The Labute approximate surface area is 702 Å². The van der Waals surface area contributed by atoms with Crippen molar-refractivity contribution < 1.29 is 128 Å². The summed E-state index contributed by atoms with van der Waals surface area (Å²) in [7, 11) is -8.85. The van der Waals surface area contributed by atoms with Crippen molar-refractivity contribution in [3.05, 3.63) is 73.1 Å². The summed E-state index contributed by atoms with van der Waals surface area (Å²) < 4.78 is 211. The van der Waals surface area contributed by atoms with E-state index in [0.29, 0.717) is 122 Å². The van der Waals surface area contributed by atoms with Crippen LogP contribution < -0.4 is 37.9 Å². The van der Waals surface area contributed by atoms with Gasteiger partial charge in [-0.05, 0) is 177 Å². The molecule has 4 amide bonds. The fourth-order valence-corrected chi connectivity index (χ4v) is 21.0. The van der Waals surface area contributed by atoms with Crippen molar-refractivity contribution in [2.45, 2.75) is 241 Å². The third kappa shape index (κ3) is 18.6. The summed E-state index contributed by atoms with van der Waals surface area (Å²) in [5.41, 5.74) is -8.70. The fraction of sp³-hybridized carbons (Fsp3) is 0.651. The maximum absolute atomic E-state index is 15.0. The molecular weight excluding hydrogens is 1650 g/mol. The second-order valence-corrected chi connectivity index (χ2v) is 40.1. The van der Waals surface area contributed by atoms with Crippen LogP contribution in [0.1, 0.15) is 184 Å². The predicted molar refractivity (Wildman–Crippen MR) is 425 cm³/mol. The minimum atomic E-state index is -4.89. The molecule has 26 nitrogen and oxygen atoms in total. The summed E-state index contributed by atoms with van der Waals surface area (Å²) in [6.45, 7) is 9.22. The highest BCUT2D eigenvalue weighted by atomic mass is 32.2. The number of carbonyl (C=O) groups is 8. The molecule has 0 radical (unpaired) electrons. The molecule has 0 unspecified atom stereocenters. The molecular formula is C86H106F8N6O20S2. The first kappa shape index (κ1) is 90.8. The van der Waals surface area contributed by atoms with Crippen molar-refractivity contribution in [2.75, 3.05) is 52.9 Å². The van der Waals surface area contributed by atoms with E-state index in [1.54, 1.807) is 48.6 Å². The van der Waals surface area contributed by atoms with Crippen molar-refractivity contribution in [2.24, 2.45) is 58.2 Å². The number of amides is 4. The van der Waals surface area contributed by atoms with Crippen LogP contribution in [0, 0.1) is 58.2 Å². The zero-order chi connectivity index (χ0) is 88.2. The van der Waals surface area contributed by atoms with Gasteiger partial charge in [-0.15, -0.1) is 0 Å². The molecule has 2 aromatic carbocycles. The molecule has 2 saturated heterocycles. The van der Waals surface area contributed by atoms with Crippen molar-refractivity contribution in [3.63, 3.8) is 0 Å². The first-order valence-corrected chi connectivity index (χ1v) is 45.0. The number of aromatic nitrogens is 2. The van der Waals surface area contributed by atoms with Crippen molar-refractivity contribution in [1.82, 2.24) is 29.2 Å². The molecule has 14 rings (SSSR count). The Kier molecular flexibility index (Phi) is 25.9. The van der Waals surface area contributed by atoms with Gasteiger partial charge in [0.2, 0.25) is 66.6 Å². The van der Waals surface area contributed by atoms with Gasteiger partial charge in [-0.1, -0.05) is 64.8 Å². The minimum Gasteiger partial charge on any atom is -0.486 e. The number of halogens is 8. The van der Waals surface area contributed by atoms with Gasteiger partial charge in [0.25, 0.3) is 0 Å². The lowest BCUT2D eigenvalue weighted by atomic mass is 9.79. The second-order valence-electron chi connectivity index (χ2n) is 35.9. The average Bonchev–Trinajstić information content (AvgIpc) is 1.56. The molecule has 6 aliphatic heterocycles. The number of fused-ring (bicyclic) bond motifs is 10. The lowest BCUT2D eigenvalue weighted by Gasteiger charge is -2.34. The number of ether oxygens (including phenoxy) is 8. The van der Waals surface area contributed by atoms with Gasteiger partial charge in [0, 0.05) is 59.6 Å². The number of Topliss-reactive ketones (excluding diaryl/α,β-unsaturated/α-hetero) is 2. The Hall–Kier alpha value is -8.96. The van der Waals surface area contributed by atoms with Crippen LogP contribution in [0.3, 0.4) is 0 Å². The second kappa shape index (κ2) is 34.9. The van der Waals surface area contributed by atoms with Crippen LogP contribution in [0.5, 0.6) is 34.8 Å². The highest BCUT2D eigenvalue weighted by Crippen LogP contribution is 2.60. The van der Waals surface area contributed by atoms with Crippen LogP contribution in [-0.4, -0.2) is 194 Å². The Morgan fingerprint density at radius 1 is 0.533 bits per heavy atom. The number of nitrogens with one attached hydrogen (secondary N) is 2. The molecule has 4 aliphatic carbocycles. The van der Waals surface area contributed by atoms with E-state index in [0.717, 1.165) is 27.7 Å². The van der Waals surface area contributed by atoms with E-state index in [2.05, 4.69) is 19.4 Å². The van der Waals surface area contributed by atoms with E-state index in [9.17, 15) is 80.7 Å². The normalized spacial score (nSPS) is 29.7. The molecule has 4 aromatic rings. The minimum absolute atomic E-state index is 0.0184. The molecule has 8 heterocycles. The molecule has 10 aliphatic rings. The summed E-state index contributed by atoms with van der Waals surface area (Å²) in [4.78, 5) is 126. The number of hydrogen-bond donors (Lipinski definition) is 2. The number of rotatable bonds is 20.